The molecule has 0 aliphatic carbocycles. The maximum Gasteiger partial charge on any atom is 0.335 e. The topological polar surface area (TPSA) is 77.2 Å². The average molecular weight is 281 g/mol. The predicted octanol–water partition coefficient (Wildman–Crippen LogP) is 2.60. The lowest BCUT2D eigenvalue weighted by Gasteiger charge is -2.19. The third kappa shape index (κ3) is 3.57. The second kappa shape index (κ2) is 6.06. The first-order chi connectivity index (χ1) is 9.99. The Balaban J connectivity index is 2.17. The molecule has 106 valence electrons. The fourth-order valence-electron chi connectivity index (χ4n) is 2.02. The fraction of sp³-hybridized carbons (Fsp3) is 0.188. The van der Waals surface area contributed by atoms with Crippen molar-refractivity contribution in [1.82, 2.24) is 4.98 Å². The third-order valence-electron chi connectivity index (χ3n) is 3.08. The fourth-order valence-corrected chi connectivity index (χ4v) is 2.02. The number of aromatic nitrogens is 1. The highest BCUT2D eigenvalue weighted by molar-refractivity contribution is 5.87. The number of anilines is 1. The highest BCUT2D eigenvalue weighted by Crippen LogP contribution is 2.16. The maximum absolute atomic E-state index is 10.8. The Labute approximate surface area is 123 Å². The van der Waals surface area contributed by atoms with E-state index in [4.69, 9.17) is 10.4 Å². The largest absolute Gasteiger partial charge is 0.478 e. The Bertz CT molecular complexity index is 702. The van der Waals surface area contributed by atoms with Crippen molar-refractivity contribution < 1.29 is 9.90 Å². The number of benzene rings is 1. The van der Waals surface area contributed by atoms with Crippen molar-refractivity contribution in [2.24, 2.45) is 0 Å². The van der Waals surface area contributed by atoms with Crippen LogP contribution in [0.1, 0.15) is 27.2 Å². The van der Waals surface area contributed by atoms with Gasteiger partial charge in [0.15, 0.2) is 0 Å². The summed E-state index contributed by atoms with van der Waals surface area (Å²) in [6.45, 7) is 2.43. The summed E-state index contributed by atoms with van der Waals surface area (Å²) in [5, 5.41) is 17.9. The number of carboxylic acid groups (broad SMARTS) is 1. The number of carbonyl (C=O) groups is 1. The number of carboxylic acids is 1. The summed E-state index contributed by atoms with van der Waals surface area (Å²) >= 11 is 0. The zero-order valence-electron chi connectivity index (χ0n) is 11.9. The number of hydrogen-bond acceptors (Lipinski definition) is 4. The van der Waals surface area contributed by atoms with Gasteiger partial charge in [0, 0.05) is 19.3 Å². The molecule has 5 heteroatoms. The minimum absolute atomic E-state index is 0.266. The van der Waals surface area contributed by atoms with Crippen LogP contribution >= 0.6 is 0 Å². The molecule has 0 bridgehead atoms. The quantitative estimate of drug-likeness (QED) is 0.932. The van der Waals surface area contributed by atoms with E-state index in [1.807, 2.05) is 18.9 Å². The van der Waals surface area contributed by atoms with Gasteiger partial charge in [0.25, 0.3) is 0 Å². The number of pyridine rings is 1. The van der Waals surface area contributed by atoms with Gasteiger partial charge in [0.1, 0.15) is 5.82 Å². The monoisotopic (exact) mass is 281 g/mol. The summed E-state index contributed by atoms with van der Waals surface area (Å²) in [7, 11) is 1.88. The number of nitrogens with zero attached hydrogens (tertiary/aromatic N) is 3. The van der Waals surface area contributed by atoms with E-state index in [0.29, 0.717) is 17.9 Å². The van der Waals surface area contributed by atoms with Crippen LogP contribution in [0.2, 0.25) is 0 Å². The molecule has 21 heavy (non-hydrogen) atoms. The van der Waals surface area contributed by atoms with Crippen LogP contribution in [0.25, 0.3) is 0 Å². The van der Waals surface area contributed by atoms with E-state index in [9.17, 15) is 4.79 Å². The molecule has 0 aliphatic rings. The van der Waals surface area contributed by atoms with Crippen LogP contribution in [0.4, 0.5) is 5.82 Å². The highest BCUT2D eigenvalue weighted by atomic mass is 16.4. The van der Waals surface area contributed by atoms with Gasteiger partial charge in [-0.3, -0.25) is 0 Å². The van der Waals surface area contributed by atoms with Crippen molar-refractivity contribution in [2.45, 2.75) is 13.5 Å². The SMILES string of the molecule is Cc1cc(C#N)cc(N(C)Cc2ccc(C(=O)O)cc2)n1. The molecule has 0 atom stereocenters. The molecule has 5 nitrogen and oxygen atoms in total. The van der Waals surface area contributed by atoms with Crippen molar-refractivity contribution in [3.05, 3.63) is 58.8 Å². The number of aryl methyl sites for hydroxylation is 1. The van der Waals surface area contributed by atoms with Crippen LogP contribution < -0.4 is 4.90 Å². The molecule has 2 aromatic rings. The zero-order valence-corrected chi connectivity index (χ0v) is 11.9. The van der Waals surface area contributed by atoms with E-state index in [1.54, 1.807) is 36.4 Å². The van der Waals surface area contributed by atoms with Crippen molar-refractivity contribution in [3.8, 4) is 6.07 Å². The summed E-state index contributed by atoms with van der Waals surface area (Å²) in [5.41, 5.74) is 2.61. The summed E-state index contributed by atoms with van der Waals surface area (Å²) < 4.78 is 0. The molecule has 0 fully saturated rings. The number of nitriles is 1. The molecule has 0 unspecified atom stereocenters. The number of rotatable bonds is 4. The van der Waals surface area contributed by atoms with E-state index in [0.717, 1.165) is 11.3 Å². The number of hydrogen-bond donors (Lipinski definition) is 1. The zero-order chi connectivity index (χ0) is 15.4. The highest BCUT2D eigenvalue weighted by Gasteiger charge is 2.07. The van der Waals surface area contributed by atoms with E-state index in [-0.39, 0.29) is 5.56 Å². The van der Waals surface area contributed by atoms with E-state index in [2.05, 4.69) is 11.1 Å². The Hall–Kier alpha value is -2.87. The average Bonchev–Trinajstić information content (AvgIpc) is 2.47. The van der Waals surface area contributed by atoms with Gasteiger partial charge in [-0.2, -0.15) is 5.26 Å². The summed E-state index contributed by atoms with van der Waals surface area (Å²) in [6, 6.07) is 12.3. The van der Waals surface area contributed by atoms with E-state index in [1.165, 1.54) is 0 Å². The molecule has 1 aromatic carbocycles. The molecule has 1 N–H and O–H groups in total. The predicted molar refractivity (Wildman–Crippen MR) is 79.2 cm³/mol. The van der Waals surface area contributed by atoms with Crippen LogP contribution in [0.5, 0.6) is 0 Å². The van der Waals surface area contributed by atoms with Crippen molar-refractivity contribution in [2.75, 3.05) is 11.9 Å². The molecule has 0 saturated heterocycles. The molecule has 0 spiro atoms. The molecular formula is C16H15N3O2. The van der Waals surface area contributed by atoms with Gasteiger partial charge in [0.2, 0.25) is 0 Å². The van der Waals surface area contributed by atoms with Crippen LogP contribution in [0.3, 0.4) is 0 Å². The first-order valence-electron chi connectivity index (χ1n) is 6.42. The van der Waals surface area contributed by atoms with Crippen LogP contribution in [0, 0.1) is 18.3 Å². The van der Waals surface area contributed by atoms with Gasteiger partial charge >= 0.3 is 5.97 Å². The second-order valence-corrected chi connectivity index (χ2v) is 4.83. The van der Waals surface area contributed by atoms with Gasteiger partial charge in [0.05, 0.1) is 17.2 Å². The molecule has 1 aromatic heterocycles. The first-order valence-corrected chi connectivity index (χ1v) is 6.42. The lowest BCUT2D eigenvalue weighted by atomic mass is 10.1. The second-order valence-electron chi connectivity index (χ2n) is 4.83. The Morgan fingerprint density at radius 1 is 1.33 bits per heavy atom. The summed E-state index contributed by atoms with van der Waals surface area (Å²) in [4.78, 5) is 17.1. The molecule has 2 rings (SSSR count). The standard InChI is InChI=1S/C16H15N3O2/c1-11-7-13(9-17)8-15(18-11)19(2)10-12-3-5-14(6-4-12)16(20)21/h3-8H,10H2,1-2H3,(H,20,21). The Morgan fingerprint density at radius 3 is 2.57 bits per heavy atom. The molecule has 0 aliphatic heterocycles. The molecular weight excluding hydrogens is 266 g/mol. The van der Waals surface area contributed by atoms with Crippen molar-refractivity contribution in [1.29, 1.82) is 5.26 Å². The summed E-state index contributed by atoms with van der Waals surface area (Å²) in [5.74, 6) is -0.220. The molecule has 0 radical (unpaired) electrons. The van der Waals surface area contributed by atoms with Crippen molar-refractivity contribution >= 4 is 11.8 Å². The summed E-state index contributed by atoms with van der Waals surface area (Å²) in [6.07, 6.45) is 0. The Morgan fingerprint density at radius 2 is 2.00 bits per heavy atom. The number of aromatic carboxylic acids is 1. The van der Waals surface area contributed by atoms with Crippen LogP contribution in [0.15, 0.2) is 36.4 Å². The van der Waals surface area contributed by atoms with E-state index < -0.39 is 5.97 Å². The van der Waals surface area contributed by atoms with E-state index >= 15 is 0 Å². The maximum atomic E-state index is 10.8. The molecule has 1 heterocycles. The Kier molecular flexibility index (Phi) is 4.19. The van der Waals surface area contributed by atoms with Crippen LogP contribution in [-0.4, -0.2) is 23.1 Å². The van der Waals surface area contributed by atoms with Gasteiger partial charge in [-0.1, -0.05) is 12.1 Å². The van der Waals surface area contributed by atoms with Gasteiger partial charge < -0.3 is 10.0 Å². The lowest BCUT2D eigenvalue weighted by Crippen LogP contribution is -2.18. The smallest absolute Gasteiger partial charge is 0.335 e. The van der Waals surface area contributed by atoms with Gasteiger partial charge in [-0.15, -0.1) is 0 Å². The van der Waals surface area contributed by atoms with Gasteiger partial charge in [-0.25, -0.2) is 9.78 Å². The minimum Gasteiger partial charge on any atom is -0.478 e. The third-order valence-corrected chi connectivity index (χ3v) is 3.08. The lowest BCUT2D eigenvalue weighted by molar-refractivity contribution is 0.0697. The minimum atomic E-state index is -0.936. The van der Waals surface area contributed by atoms with Crippen LogP contribution in [-0.2, 0) is 6.54 Å². The first kappa shape index (κ1) is 14.5. The normalized spacial score (nSPS) is 9.95. The molecule has 0 amide bonds. The van der Waals surface area contributed by atoms with Crippen molar-refractivity contribution in [3.63, 3.8) is 0 Å². The van der Waals surface area contributed by atoms with Gasteiger partial charge in [-0.05, 0) is 36.8 Å². The molecule has 0 saturated carbocycles.